The summed E-state index contributed by atoms with van der Waals surface area (Å²) < 4.78 is 5.88. The largest absolute Gasteiger partial charge is 0.489 e. The summed E-state index contributed by atoms with van der Waals surface area (Å²) in [7, 11) is 0. The van der Waals surface area contributed by atoms with E-state index in [1.807, 2.05) is 24.3 Å². The number of fused-ring (bicyclic) bond motifs is 1. The molecule has 1 heterocycles. The second-order valence-electron chi connectivity index (χ2n) is 8.28. The third kappa shape index (κ3) is 6.11. The zero-order chi connectivity index (χ0) is 22.2. The van der Waals surface area contributed by atoms with Gasteiger partial charge in [-0.2, -0.15) is 0 Å². The minimum Gasteiger partial charge on any atom is -0.489 e. The van der Waals surface area contributed by atoms with Crippen LogP contribution in [0.1, 0.15) is 34.2 Å². The summed E-state index contributed by atoms with van der Waals surface area (Å²) in [6.07, 6.45) is 2.84. The lowest BCUT2D eigenvalue weighted by molar-refractivity contribution is -0.117. The molecule has 0 aromatic heterocycles. The number of ether oxygens (including phenoxy) is 1. The summed E-state index contributed by atoms with van der Waals surface area (Å²) in [5, 5.41) is 2.42. The lowest BCUT2D eigenvalue weighted by atomic mass is 9.99. The topological polar surface area (TPSA) is 59.0 Å². The van der Waals surface area contributed by atoms with Crippen LogP contribution in [0, 0.1) is 4.91 Å². The Hall–Kier alpha value is -3.31. The van der Waals surface area contributed by atoms with Gasteiger partial charge in [-0.3, -0.25) is 9.69 Å². The first-order chi connectivity index (χ1) is 15.7. The molecule has 1 aliphatic rings. The van der Waals surface area contributed by atoms with Gasteiger partial charge in [-0.25, -0.2) is 0 Å². The number of aryl methyl sites for hydroxylation is 1. The molecule has 3 aromatic rings. The van der Waals surface area contributed by atoms with E-state index in [4.69, 9.17) is 4.74 Å². The monoisotopic (exact) mass is 428 g/mol. The molecule has 5 nitrogen and oxygen atoms in total. The first-order valence-corrected chi connectivity index (χ1v) is 11.1. The minimum atomic E-state index is -0.616. The molecule has 0 N–H and O–H groups in total. The van der Waals surface area contributed by atoms with Crippen molar-refractivity contribution in [3.63, 3.8) is 0 Å². The molecule has 164 valence electrons. The fourth-order valence-corrected chi connectivity index (χ4v) is 4.05. The van der Waals surface area contributed by atoms with Gasteiger partial charge in [0.05, 0.1) is 0 Å². The zero-order valence-corrected chi connectivity index (χ0v) is 18.2. The van der Waals surface area contributed by atoms with Gasteiger partial charge < -0.3 is 4.74 Å². The fraction of sp³-hybridized carbons (Fsp3) is 0.296. The summed E-state index contributed by atoms with van der Waals surface area (Å²) in [5.41, 5.74) is 6.42. The predicted molar refractivity (Wildman–Crippen MR) is 125 cm³/mol. The summed E-state index contributed by atoms with van der Waals surface area (Å²) in [5.74, 6) is 0.165. The van der Waals surface area contributed by atoms with Gasteiger partial charge in [0.2, 0.25) is 0 Å². The number of carbonyl (C=O) groups is 1. The van der Waals surface area contributed by atoms with E-state index in [0.717, 1.165) is 49.4 Å². The van der Waals surface area contributed by atoms with Crippen LogP contribution in [0.3, 0.4) is 0 Å². The molecule has 3 aromatic carbocycles. The Balaban J connectivity index is 1.21. The first-order valence-electron chi connectivity index (χ1n) is 11.1. The van der Waals surface area contributed by atoms with Crippen molar-refractivity contribution in [2.75, 3.05) is 13.1 Å². The highest BCUT2D eigenvalue weighted by atomic mass is 16.5. The molecular weight excluding hydrogens is 400 g/mol. The Labute approximate surface area is 189 Å². The normalized spacial score (nSPS) is 13.4. The second-order valence-corrected chi connectivity index (χ2v) is 8.28. The third-order valence-electron chi connectivity index (χ3n) is 6.01. The van der Waals surface area contributed by atoms with E-state index < -0.39 is 5.91 Å². The molecule has 0 bridgehead atoms. The maximum atomic E-state index is 11.0. The number of benzene rings is 3. The van der Waals surface area contributed by atoms with Gasteiger partial charge in [0.25, 0.3) is 5.91 Å². The number of hydrogen-bond acceptors (Lipinski definition) is 4. The standard InChI is InChI=1S/C27H28N2O3/c30-27(28-31)14-11-21-9-12-26(13-10-21)32-20-23-7-5-22(6-8-23)15-17-29-18-16-24-3-1-2-4-25(24)19-29/h1-10,12-13H,11,14-20H2. The Morgan fingerprint density at radius 3 is 2.25 bits per heavy atom. The smallest absolute Gasteiger partial charge is 0.286 e. The Kier molecular flexibility index (Phi) is 7.41. The van der Waals surface area contributed by atoms with Gasteiger partial charge in [0.15, 0.2) is 0 Å². The number of nitrogens with zero attached hydrogens (tertiary/aromatic N) is 2. The van der Waals surface area contributed by atoms with Gasteiger partial charge >= 0.3 is 0 Å². The summed E-state index contributed by atoms with van der Waals surface area (Å²) in [6.45, 7) is 3.76. The van der Waals surface area contributed by atoms with E-state index in [0.29, 0.717) is 13.0 Å². The van der Waals surface area contributed by atoms with Crippen LogP contribution >= 0.6 is 0 Å². The number of nitroso groups, excluding NO2 is 1. The van der Waals surface area contributed by atoms with Crippen LogP contribution in [0.5, 0.6) is 5.75 Å². The molecule has 0 unspecified atom stereocenters. The number of carbonyl (C=O) groups excluding carboxylic acids is 1. The van der Waals surface area contributed by atoms with Gasteiger partial charge in [0.1, 0.15) is 12.4 Å². The Morgan fingerprint density at radius 1 is 0.844 bits per heavy atom. The number of amides is 1. The average Bonchev–Trinajstić information content (AvgIpc) is 2.86. The van der Waals surface area contributed by atoms with Crippen molar-refractivity contribution in [2.45, 2.75) is 38.8 Å². The maximum Gasteiger partial charge on any atom is 0.286 e. The molecule has 1 amide bonds. The van der Waals surface area contributed by atoms with Crippen molar-refractivity contribution in [1.82, 2.24) is 4.90 Å². The molecule has 1 aliphatic heterocycles. The lowest BCUT2D eigenvalue weighted by Gasteiger charge is -2.28. The lowest BCUT2D eigenvalue weighted by Crippen LogP contribution is -2.32. The van der Waals surface area contributed by atoms with Crippen molar-refractivity contribution in [2.24, 2.45) is 5.18 Å². The van der Waals surface area contributed by atoms with E-state index in [2.05, 4.69) is 58.6 Å². The van der Waals surface area contributed by atoms with E-state index >= 15 is 0 Å². The van der Waals surface area contributed by atoms with Gasteiger partial charge in [-0.1, -0.05) is 60.7 Å². The zero-order valence-electron chi connectivity index (χ0n) is 18.2. The molecule has 32 heavy (non-hydrogen) atoms. The van der Waals surface area contributed by atoms with E-state index in [-0.39, 0.29) is 6.42 Å². The molecule has 5 heteroatoms. The van der Waals surface area contributed by atoms with Gasteiger partial charge in [-0.15, -0.1) is 4.91 Å². The van der Waals surface area contributed by atoms with Gasteiger partial charge in [0, 0.05) is 31.2 Å². The van der Waals surface area contributed by atoms with Crippen molar-refractivity contribution in [3.05, 3.63) is 106 Å². The fourth-order valence-electron chi connectivity index (χ4n) is 4.05. The van der Waals surface area contributed by atoms with Crippen LogP contribution in [-0.2, 0) is 37.2 Å². The van der Waals surface area contributed by atoms with Crippen LogP contribution in [0.2, 0.25) is 0 Å². The number of hydrogen-bond donors (Lipinski definition) is 0. The molecule has 4 rings (SSSR count). The molecule has 0 saturated carbocycles. The highest BCUT2D eigenvalue weighted by Gasteiger charge is 2.15. The second kappa shape index (κ2) is 10.8. The summed E-state index contributed by atoms with van der Waals surface area (Å²) in [6, 6.07) is 25.0. The van der Waals surface area contributed by atoms with E-state index in [1.165, 1.54) is 16.7 Å². The number of rotatable bonds is 9. The molecule has 0 fully saturated rings. The summed E-state index contributed by atoms with van der Waals surface area (Å²) >= 11 is 0. The van der Waals surface area contributed by atoms with E-state index in [1.54, 1.807) is 0 Å². The van der Waals surface area contributed by atoms with Crippen LogP contribution in [0.4, 0.5) is 0 Å². The van der Waals surface area contributed by atoms with Crippen LogP contribution in [-0.4, -0.2) is 23.9 Å². The highest BCUT2D eigenvalue weighted by molar-refractivity contribution is 5.76. The molecular formula is C27H28N2O3. The van der Waals surface area contributed by atoms with Crippen LogP contribution in [0.15, 0.2) is 78.0 Å². The molecule has 0 aliphatic carbocycles. The quantitative estimate of drug-likeness (QED) is 0.445. The molecule has 0 radical (unpaired) electrons. The Bertz CT molecular complexity index is 1050. The molecule has 0 atom stereocenters. The highest BCUT2D eigenvalue weighted by Crippen LogP contribution is 2.19. The van der Waals surface area contributed by atoms with Crippen LogP contribution in [0.25, 0.3) is 0 Å². The third-order valence-corrected chi connectivity index (χ3v) is 6.01. The maximum absolute atomic E-state index is 11.0. The molecule has 0 saturated heterocycles. The predicted octanol–water partition coefficient (Wildman–Crippen LogP) is 5.09. The van der Waals surface area contributed by atoms with Crippen molar-refractivity contribution in [1.29, 1.82) is 0 Å². The van der Waals surface area contributed by atoms with Gasteiger partial charge in [-0.05, 0) is 59.2 Å². The van der Waals surface area contributed by atoms with Crippen molar-refractivity contribution >= 4 is 5.91 Å². The SMILES string of the molecule is O=NC(=O)CCc1ccc(OCc2ccc(CCN3CCc4ccccc4C3)cc2)cc1. The minimum absolute atomic E-state index is 0.140. The van der Waals surface area contributed by atoms with Crippen LogP contribution < -0.4 is 4.74 Å². The van der Waals surface area contributed by atoms with E-state index in [9.17, 15) is 9.70 Å². The van der Waals surface area contributed by atoms with Crippen molar-refractivity contribution in [3.8, 4) is 5.75 Å². The Morgan fingerprint density at radius 2 is 1.50 bits per heavy atom. The molecule has 0 spiro atoms. The average molecular weight is 429 g/mol. The first kappa shape index (κ1) is 21.9. The summed E-state index contributed by atoms with van der Waals surface area (Å²) in [4.78, 5) is 23.7. The van der Waals surface area contributed by atoms with Crippen molar-refractivity contribution < 1.29 is 9.53 Å².